The summed E-state index contributed by atoms with van der Waals surface area (Å²) < 4.78 is 16.0. The van der Waals surface area contributed by atoms with Crippen molar-refractivity contribution in [3.05, 3.63) is 17.7 Å². The van der Waals surface area contributed by atoms with Crippen LogP contribution >= 0.6 is 0 Å². The molecule has 0 bridgehead atoms. The molecule has 0 spiro atoms. The van der Waals surface area contributed by atoms with Crippen molar-refractivity contribution in [3.8, 4) is 11.5 Å². The van der Waals surface area contributed by atoms with Crippen molar-refractivity contribution in [3.63, 3.8) is 0 Å². The van der Waals surface area contributed by atoms with E-state index < -0.39 is 0 Å². The fourth-order valence-electron chi connectivity index (χ4n) is 1.71. The Morgan fingerprint density at radius 2 is 1.83 bits per heavy atom. The zero-order valence-electron chi connectivity index (χ0n) is 11.9. The molecule has 0 saturated carbocycles. The van der Waals surface area contributed by atoms with E-state index in [0.717, 1.165) is 11.3 Å². The monoisotopic (exact) mass is 253 g/mol. The fraction of sp³-hybridized carbons (Fsp3) is 0.571. The normalized spacial score (nSPS) is 11.4. The van der Waals surface area contributed by atoms with Gasteiger partial charge in [-0.1, -0.05) is 20.8 Å². The van der Waals surface area contributed by atoms with Crippen molar-refractivity contribution in [2.75, 3.05) is 26.2 Å². The number of hydrogen-bond acceptors (Lipinski definition) is 4. The Kier molecular flexibility index (Phi) is 4.84. The molecule has 0 amide bonds. The van der Waals surface area contributed by atoms with Crippen LogP contribution in [0.2, 0.25) is 0 Å². The van der Waals surface area contributed by atoms with Gasteiger partial charge in [-0.05, 0) is 18.4 Å². The van der Waals surface area contributed by atoms with E-state index in [2.05, 4.69) is 20.8 Å². The zero-order chi connectivity index (χ0) is 13.8. The first-order chi connectivity index (χ1) is 8.40. The number of benzene rings is 1. The first-order valence-electron chi connectivity index (χ1n) is 6.08. The van der Waals surface area contributed by atoms with Crippen LogP contribution in [-0.4, -0.2) is 20.5 Å². The van der Waals surface area contributed by atoms with Crippen molar-refractivity contribution < 1.29 is 14.2 Å². The first-order valence-corrected chi connectivity index (χ1v) is 6.08. The summed E-state index contributed by atoms with van der Waals surface area (Å²) in [6.45, 7) is 9.07. The molecule has 1 aromatic carbocycles. The minimum absolute atomic E-state index is 0.0791. The fourth-order valence-corrected chi connectivity index (χ4v) is 1.71. The summed E-state index contributed by atoms with van der Waals surface area (Å²) in [5, 5.41) is 0. The van der Waals surface area contributed by atoms with Crippen LogP contribution in [0.25, 0.3) is 0 Å². The summed E-state index contributed by atoms with van der Waals surface area (Å²) >= 11 is 0. The Morgan fingerprint density at radius 3 is 2.33 bits per heavy atom. The molecule has 0 aliphatic heterocycles. The minimum Gasteiger partial charge on any atom is -0.494 e. The van der Waals surface area contributed by atoms with E-state index in [0.29, 0.717) is 18.0 Å². The van der Waals surface area contributed by atoms with Gasteiger partial charge in [-0.15, -0.1) is 0 Å². The van der Waals surface area contributed by atoms with Crippen molar-refractivity contribution in [2.45, 2.75) is 33.1 Å². The molecule has 18 heavy (non-hydrogen) atoms. The van der Waals surface area contributed by atoms with Crippen LogP contribution < -0.4 is 15.2 Å². The largest absolute Gasteiger partial charge is 0.494 e. The SMILES string of the molecule is CCOc1cc(N)c(OCOC)c(C(C)(C)C)c1. The summed E-state index contributed by atoms with van der Waals surface area (Å²) in [7, 11) is 1.58. The highest BCUT2D eigenvalue weighted by atomic mass is 16.7. The van der Waals surface area contributed by atoms with Crippen LogP contribution in [0.4, 0.5) is 5.69 Å². The van der Waals surface area contributed by atoms with E-state index in [9.17, 15) is 0 Å². The van der Waals surface area contributed by atoms with Gasteiger partial charge in [-0.25, -0.2) is 0 Å². The Labute approximate surface area is 109 Å². The maximum Gasteiger partial charge on any atom is 0.188 e. The number of methoxy groups -OCH3 is 1. The van der Waals surface area contributed by atoms with Crippen molar-refractivity contribution in [2.24, 2.45) is 0 Å². The van der Waals surface area contributed by atoms with Crippen LogP contribution in [0.5, 0.6) is 11.5 Å². The van der Waals surface area contributed by atoms with Gasteiger partial charge < -0.3 is 19.9 Å². The number of nitrogen functional groups attached to an aromatic ring is 1. The van der Waals surface area contributed by atoms with Crippen LogP contribution in [0.3, 0.4) is 0 Å². The van der Waals surface area contributed by atoms with Gasteiger partial charge in [0.15, 0.2) is 6.79 Å². The van der Waals surface area contributed by atoms with E-state index in [1.807, 2.05) is 13.0 Å². The van der Waals surface area contributed by atoms with Gasteiger partial charge in [0.25, 0.3) is 0 Å². The lowest BCUT2D eigenvalue weighted by Crippen LogP contribution is -2.16. The van der Waals surface area contributed by atoms with Crippen LogP contribution in [0.15, 0.2) is 12.1 Å². The second-order valence-corrected chi connectivity index (χ2v) is 5.12. The average Bonchev–Trinajstić information content (AvgIpc) is 2.26. The highest BCUT2D eigenvalue weighted by Crippen LogP contribution is 2.39. The highest BCUT2D eigenvalue weighted by Gasteiger charge is 2.22. The maximum absolute atomic E-state index is 6.03. The zero-order valence-corrected chi connectivity index (χ0v) is 11.9. The lowest BCUT2D eigenvalue weighted by Gasteiger charge is -2.24. The van der Waals surface area contributed by atoms with E-state index in [1.54, 1.807) is 13.2 Å². The summed E-state index contributed by atoms with van der Waals surface area (Å²) in [5.74, 6) is 1.44. The summed E-state index contributed by atoms with van der Waals surface area (Å²) in [4.78, 5) is 0. The Morgan fingerprint density at radius 1 is 1.17 bits per heavy atom. The number of nitrogens with two attached hydrogens (primary N) is 1. The number of anilines is 1. The quantitative estimate of drug-likeness (QED) is 0.647. The van der Waals surface area contributed by atoms with Crippen molar-refractivity contribution in [1.29, 1.82) is 0 Å². The van der Waals surface area contributed by atoms with Gasteiger partial charge in [0.05, 0.1) is 12.3 Å². The van der Waals surface area contributed by atoms with Gasteiger partial charge >= 0.3 is 0 Å². The summed E-state index contributed by atoms with van der Waals surface area (Å²) in [6.07, 6.45) is 0. The number of rotatable bonds is 5. The summed E-state index contributed by atoms with van der Waals surface area (Å²) in [6, 6.07) is 3.76. The second kappa shape index (κ2) is 5.96. The Bertz CT molecular complexity index is 397. The Balaban J connectivity index is 3.22. The molecule has 0 fully saturated rings. The van der Waals surface area contributed by atoms with Gasteiger partial charge in [0, 0.05) is 18.7 Å². The third-order valence-electron chi connectivity index (χ3n) is 2.53. The van der Waals surface area contributed by atoms with E-state index in [4.69, 9.17) is 19.9 Å². The lowest BCUT2D eigenvalue weighted by molar-refractivity contribution is 0.0503. The molecule has 1 aromatic rings. The third-order valence-corrected chi connectivity index (χ3v) is 2.53. The van der Waals surface area contributed by atoms with Crippen molar-refractivity contribution >= 4 is 5.69 Å². The predicted molar refractivity (Wildman–Crippen MR) is 73.2 cm³/mol. The molecule has 0 aliphatic carbocycles. The molecule has 102 valence electrons. The van der Waals surface area contributed by atoms with Crippen LogP contribution in [-0.2, 0) is 10.2 Å². The summed E-state index contributed by atoms with van der Waals surface area (Å²) in [5.41, 5.74) is 7.54. The highest BCUT2D eigenvalue weighted by molar-refractivity contribution is 5.62. The predicted octanol–water partition coefficient (Wildman–Crippen LogP) is 2.95. The van der Waals surface area contributed by atoms with E-state index in [-0.39, 0.29) is 12.2 Å². The number of ether oxygens (including phenoxy) is 3. The lowest BCUT2D eigenvalue weighted by atomic mass is 9.85. The topological polar surface area (TPSA) is 53.7 Å². The van der Waals surface area contributed by atoms with E-state index in [1.165, 1.54) is 0 Å². The standard InChI is InChI=1S/C14H23NO3/c1-6-17-10-7-11(14(2,3)4)13(12(15)8-10)18-9-16-5/h7-8H,6,9,15H2,1-5H3. The molecule has 2 N–H and O–H groups in total. The maximum atomic E-state index is 6.03. The molecule has 4 nitrogen and oxygen atoms in total. The van der Waals surface area contributed by atoms with Crippen LogP contribution in [0.1, 0.15) is 33.3 Å². The van der Waals surface area contributed by atoms with Gasteiger partial charge in [0.1, 0.15) is 11.5 Å². The molecule has 4 heteroatoms. The molecule has 0 radical (unpaired) electrons. The molecular weight excluding hydrogens is 230 g/mol. The average molecular weight is 253 g/mol. The molecule has 0 aliphatic rings. The molecule has 1 rings (SSSR count). The minimum atomic E-state index is -0.0791. The van der Waals surface area contributed by atoms with Gasteiger partial charge in [0.2, 0.25) is 0 Å². The Hall–Kier alpha value is -1.42. The molecule has 0 atom stereocenters. The van der Waals surface area contributed by atoms with Crippen LogP contribution in [0, 0.1) is 0 Å². The number of hydrogen-bond donors (Lipinski definition) is 1. The van der Waals surface area contributed by atoms with E-state index >= 15 is 0 Å². The smallest absolute Gasteiger partial charge is 0.188 e. The molecule has 0 unspecified atom stereocenters. The van der Waals surface area contributed by atoms with Gasteiger partial charge in [-0.2, -0.15) is 0 Å². The molecular formula is C14H23NO3. The van der Waals surface area contributed by atoms with Crippen molar-refractivity contribution in [1.82, 2.24) is 0 Å². The molecule has 0 saturated heterocycles. The molecule has 0 heterocycles. The first kappa shape index (κ1) is 14.6. The molecule has 0 aromatic heterocycles. The third kappa shape index (κ3) is 3.53. The van der Waals surface area contributed by atoms with Gasteiger partial charge in [-0.3, -0.25) is 0 Å². The second-order valence-electron chi connectivity index (χ2n) is 5.12.